The zero-order valence-electron chi connectivity index (χ0n) is 12.5. The Morgan fingerprint density at radius 1 is 1.38 bits per heavy atom. The molecule has 0 aliphatic heterocycles. The first-order valence-corrected chi connectivity index (χ1v) is 7.11. The molecular weight excluding hydrogens is 271 g/mol. The molecule has 5 heteroatoms. The van der Waals surface area contributed by atoms with Gasteiger partial charge in [-0.3, -0.25) is 4.79 Å². The van der Waals surface area contributed by atoms with Gasteiger partial charge in [0.05, 0.1) is 12.6 Å². The van der Waals surface area contributed by atoms with E-state index in [1.807, 2.05) is 13.8 Å². The van der Waals surface area contributed by atoms with Gasteiger partial charge in [-0.15, -0.1) is 0 Å². The van der Waals surface area contributed by atoms with Crippen LogP contribution in [0.1, 0.15) is 36.3 Å². The van der Waals surface area contributed by atoms with Crippen LogP contribution in [0, 0.1) is 18.7 Å². The van der Waals surface area contributed by atoms with Crippen molar-refractivity contribution in [1.29, 1.82) is 0 Å². The Kier molecular flexibility index (Phi) is 4.63. The van der Waals surface area contributed by atoms with E-state index in [4.69, 9.17) is 0 Å². The highest BCUT2D eigenvalue weighted by atomic mass is 19.1. The highest BCUT2D eigenvalue weighted by Gasteiger charge is 2.16. The van der Waals surface area contributed by atoms with E-state index in [2.05, 4.69) is 10.3 Å². The van der Waals surface area contributed by atoms with Gasteiger partial charge >= 0.3 is 0 Å². The number of hydrogen-bond acceptors (Lipinski definition) is 2. The molecule has 1 heterocycles. The number of nitrogens with one attached hydrogen (secondary N) is 2. The smallest absolute Gasteiger partial charge is 0.268 e. The molecule has 0 saturated carbocycles. The van der Waals surface area contributed by atoms with Crippen molar-refractivity contribution in [3.05, 3.63) is 35.3 Å². The molecule has 0 spiro atoms. The van der Waals surface area contributed by atoms with Crippen LogP contribution in [0.3, 0.4) is 0 Å². The number of hydrogen-bond donors (Lipinski definition) is 3. The van der Waals surface area contributed by atoms with Gasteiger partial charge in [-0.2, -0.15) is 0 Å². The molecule has 0 radical (unpaired) electrons. The third-order valence-electron chi connectivity index (χ3n) is 3.47. The molecule has 0 aliphatic rings. The summed E-state index contributed by atoms with van der Waals surface area (Å²) in [6, 6.07) is 4.24. The minimum Gasteiger partial charge on any atom is -0.394 e. The zero-order chi connectivity index (χ0) is 15.6. The van der Waals surface area contributed by atoms with E-state index in [1.54, 1.807) is 13.0 Å². The normalized spacial score (nSPS) is 12.9. The molecule has 114 valence electrons. The molecule has 1 atom stereocenters. The monoisotopic (exact) mass is 292 g/mol. The number of halogens is 1. The highest BCUT2D eigenvalue weighted by Crippen LogP contribution is 2.21. The lowest BCUT2D eigenvalue weighted by Crippen LogP contribution is -2.38. The number of H-pyrrole nitrogens is 1. The number of carbonyl (C=O) groups is 1. The van der Waals surface area contributed by atoms with E-state index in [0.29, 0.717) is 23.5 Å². The number of aryl methyl sites for hydroxylation is 1. The summed E-state index contributed by atoms with van der Waals surface area (Å²) in [6.07, 6.45) is 0.704. The van der Waals surface area contributed by atoms with Crippen molar-refractivity contribution in [1.82, 2.24) is 10.3 Å². The molecule has 1 unspecified atom stereocenters. The summed E-state index contributed by atoms with van der Waals surface area (Å²) in [7, 11) is 0. The highest BCUT2D eigenvalue weighted by molar-refractivity contribution is 5.98. The second kappa shape index (κ2) is 6.26. The van der Waals surface area contributed by atoms with Crippen LogP contribution in [0.2, 0.25) is 0 Å². The average molecular weight is 292 g/mol. The van der Waals surface area contributed by atoms with E-state index in [1.165, 1.54) is 12.1 Å². The topological polar surface area (TPSA) is 65.1 Å². The van der Waals surface area contributed by atoms with Crippen molar-refractivity contribution >= 4 is 16.8 Å². The first-order chi connectivity index (χ1) is 9.90. The molecule has 21 heavy (non-hydrogen) atoms. The van der Waals surface area contributed by atoms with E-state index in [9.17, 15) is 14.3 Å². The van der Waals surface area contributed by atoms with Crippen molar-refractivity contribution in [2.75, 3.05) is 6.61 Å². The van der Waals surface area contributed by atoms with Crippen LogP contribution in [0.4, 0.5) is 4.39 Å². The minimum absolute atomic E-state index is 0.0994. The lowest BCUT2D eigenvalue weighted by molar-refractivity contribution is 0.0904. The van der Waals surface area contributed by atoms with E-state index >= 15 is 0 Å². The fourth-order valence-electron chi connectivity index (χ4n) is 2.51. The first-order valence-electron chi connectivity index (χ1n) is 7.11. The van der Waals surface area contributed by atoms with E-state index in [0.717, 1.165) is 10.9 Å². The van der Waals surface area contributed by atoms with E-state index < -0.39 is 0 Å². The van der Waals surface area contributed by atoms with Gasteiger partial charge in [0.15, 0.2) is 0 Å². The number of aromatic nitrogens is 1. The van der Waals surface area contributed by atoms with Gasteiger partial charge in [0.1, 0.15) is 11.5 Å². The second-order valence-electron chi connectivity index (χ2n) is 5.85. The Bertz CT molecular complexity index is 649. The summed E-state index contributed by atoms with van der Waals surface area (Å²) < 4.78 is 13.4. The molecule has 2 aromatic rings. The quantitative estimate of drug-likeness (QED) is 0.793. The van der Waals surface area contributed by atoms with Crippen molar-refractivity contribution in [2.45, 2.75) is 33.2 Å². The Morgan fingerprint density at radius 2 is 2.10 bits per heavy atom. The summed E-state index contributed by atoms with van der Waals surface area (Å²) in [5, 5.41) is 12.9. The van der Waals surface area contributed by atoms with Crippen molar-refractivity contribution in [3.63, 3.8) is 0 Å². The molecule has 1 aromatic heterocycles. The molecule has 3 N–H and O–H groups in total. The third-order valence-corrected chi connectivity index (χ3v) is 3.47. The van der Waals surface area contributed by atoms with Crippen LogP contribution in [0.25, 0.3) is 10.9 Å². The molecular formula is C16H21FN2O2. The number of aliphatic hydroxyl groups excluding tert-OH is 1. The van der Waals surface area contributed by atoms with Crippen LogP contribution >= 0.6 is 0 Å². The van der Waals surface area contributed by atoms with Crippen LogP contribution < -0.4 is 5.32 Å². The van der Waals surface area contributed by atoms with Gasteiger partial charge in [0.25, 0.3) is 5.91 Å². The van der Waals surface area contributed by atoms with Gasteiger partial charge in [-0.25, -0.2) is 4.39 Å². The molecule has 0 saturated heterocycles. The number of aromatic amines is 1. The summed E-state index contributed by atoms with van der Waals surface area (Å²) in [6.45, 7) is 5.77. The predicted molar refractivity (Wildman–Crippen MR) is 80.8 cm³/mol. The molecule has 0 fully saturated rings. The summed E-state index contributed by atoms with van der Waals surface area (Å²) in [5.41, 5.74) is 1.75. The van der Waals surface area contributed by atoms with Crippen LogP contribution in [0.15, 0.2) is 18.2 Å². The number of rotatable bonds is 5. The van der Waals surface area contributed by atoms with Crippen molar-refractivity contribution in [3.8, 4) is 0 Å². The average Bonchev–Trinajstić information content (AvgIpc) is 2.81. The van der Waals surface area contributed by atoms with Gasteiger partial charge < -0.3 is 15.4 Å². The number of fused-ring (bicyclic) bond motifs is 1. The molecule has 0 bridgehead atoms. The maximum atomic E-state index is 13.4. The van der Waals surface area contributed by atoms with Gasteiger partial charge in [0.2, 0.25) is 0 Å². The number of amides is 1. The molecule has 0 aliphatic carbocycles. The standard InChI is InChI=1S/C16H21FN2O2/c1-9(2)4-12(8-20)18-16(21)15-7-13-10(3)5-11(17)6-14(13)19-15/h5-7,9,12,19-20H,4,8H2,1-3H3,(H,18,21). The molecule has 2 rings (SSSR count). The molecule has 4 nitrogen and oxygen atoms in total. The Balaban J connectivity index is 2.21. The maximum Gasteiger partial charge on any atom is 0.268 e. The summed E-state index contributed by atoms with van der Waals surface area (Å²) in [4.78, 5) is 15.1. The van der Waals surface area contributed by atoms with Gasteiger partial charge in [-0.1, -0.05) is 13.8 Å². The lowest BCUT2D eigenvalue weighted by atomic mass is 10.0. The SMILES string of the molecule is Cc1cc(F)cc2[nH]c(C(=O)NC(CO)CC(C)C)cc12. The predicted octanol–water partition coefficient (Wildman–Crippen LogP) is 2.75. The van der Waals surface area contributed by atoms with Crippen LogP contribution in [-0.4, -0.2) is 28.6 Å². The van der Waals surface area contributed by atoms with Crippen LogP contribution in [-0.2, 0) is 0 Å². The number of aliphatic hydroxyl groups is 1. The first kappa shape index (κ1) is 15.5. The number of carbonyl (C=O) groups excluding carboxylic acids is 1. The Hall–Kier alpha value is -1.88. The fraction of sp³-hybridized carbons (Fsp3) is 0.438. The molecule has 1 aromatic carbocycles. The van der Waals surface area contributed by atoms with Crippen molar-refractivity contribution < 1.29 is 14.3 Å². The minimum atomic E-state index is -0.332. The zero-order valence-corrected chi connectivity index (χ0v) is 12.5. The Morgan fingerprint density at radius 3 is 2.71 bits per heavy atom. The van der Waals surface area contributed by atoms with Crippen molar-refractivity contribution in [2.24, 2.45) is 5.92 Å². The largest absolute Gasteiger partial charge is 0.394 e. The lowest BCUT2D eigenvalue weighted by Gasteiger charge is -2.17. The Labute approximate surface area is 123 Å². The van der Waals surface area contributed by atoms with Gasteiger partial charge in [0, 0.05) is 10.9 Å². The fourth-order valence-corrected chi connectivity index (χ4v) is 2.51. The second-order valence-corrected chi connectivity index (χ2v) is 5.85. The van der Waals surface area contributed by atoms with Crippen LogP contribution in [0.5, 0.6) is 0 Å². The number of benzene rings is 1. The van der Waals surface area contributed by atoms with Gasteiger partial charge in [-0.05, 0) is 43.0 Å². The summed E-state index contributed by atoms with van der Waals surface area (Å²) >= 11 is 0. The maximum absolute atomic E-state index is 13.4. The third kappa shape index (κ3) is 3.61. The summed E-state index contributed by atoms with van der Waals surface area (Å²) in [5.74, 6) is -0.242. The molecule has 1 amide bonds. The van der Waals surface area contributed by atoms with E-state index in [-0.39, 0.29) is 24.4 Å².